The van der Waals surface area contributed by atoms with Gasteiger partial charge in [-0.25, -0.2) is 4.98 Å². The van der Waals surface area contributed by atoms with Gasteiger partial charge in [-0.15, -0.1) is 0 Å². The smallest absolute Gasteiger partial charge is 0.261 e. The first-order chi connectivity index (χ1) is 15.8. The van der Waals surface area contributed by atoms with E-state index >= 15 is 0 Å². The van der Waals surface area contributed by atoms with E-state index in [9.17, 15) is 9.90 Å². The fourth-order valence-corrected chi connectivity index (χ4v) is 3.91. The van der Waals surface area contributed by atoms with Crippen molar-refractivity contribution < 1.29 is 9.90 Å². The zero-order chi connectivity index (χ0) is 23.5. The second-order valence-electron chi connectivity index (χ2n) is 8.71. The number of likely N-dealkylation sites (N-methyl/N-ethyl adjacent to an activating group) is 1. The fraction of sp³-hybridized carbons (Fsp3) is 0.280. The largest absolute Gasteiger partial charge is 0.508 e. The lowest BCUT2D eigenvalue weighted by Crippen LogP contribution is -2.35. The number of carbonyl (C=O) groups is 1. The van der Waals surface area contributed by atoms with Crippen molar-refractivity contribution in [2.24, 2.45) is 0 Å². The molecule has 3 aromatic rings. The summed E-state index contributed by atoms with van der Waals surface area (Å²) in [4.78, 5) is 19.8. The van der Waals surface area contributed by atoms with Crippen molar-refractivity contribution in [3.8, 4) is 5.75 Å². The summed E-state index contributed by atoms with van der Waals surface area (Å²) in [5, 5.41) is 23.0. The Morgan fingerprint density at radius 1 is 1.06 bits per heavy atom. The monoisotopic (exact) mass is 446 g/mol. The van der Waals surface area contributed by atoms with Gasteiger partial charge in [0, 0.05) is 37.1 Å². The number of nitrogens with zero attached hydrogens (tertiary/aromatic N) is 2. The van der Waals surface area contributed by atoms with Gasteiger partial charge in [-0.05, 0) is 63.3 Å². The van der Waals surface area contributed by atoms with Crippen molar-refractivity contribution in [2.45, 2.75) is 26.4 Å². The molecule has 5 N–H and O–H groups in total. The number of fused-ring (bicyclic) bond motifs is 2. The van der Waals surface area contributed by atoms with E-state index in [2.05, 4.69) is 52.2 Å². The maximum absolute atomic E-state index is 13.2. The molecule has 0 spiro atoms. The van der Waals surface area contributed by atoms with E-state index in [0.29, 0.717) is 35.3 Å². The molecule has 0 bridgehead atoms. The van der Waals surface area contributed by atoms with E-state index in [4.69, 9.17) is 0 Å². The molecule has 2 aromatic carbocycles. The first kappa shape index (κ1) is 22.6. The highest BCUT2D eigenvalue weighted by Crippen LogP contribution is 2.36. The Morgan fingerprint density at radius 3 is 2.67 bits per heavy atom. The number of phenolic OH excluding ortho intramolecular Hbond substituents is 1. The van der Waals surface area contributed by atoms with Gasteiger partial charge in [0.15, 0.2) is 0 Å². The molecule has 1 amide bonds. The van der Waals surface area contributed by atoms with Gasteiger partial charge in [0.2, 0.25) is 0 Å². The van der Waals surface area contributed by atoms with Crippen LogP contribution >= 0.6 is 0 Å². The van der Waals surface area contributed by atoms with Crippen LogP contribution in [-0.4, -0.2) is 47.6 Å². The minimum atomic E-state index is -0.254. The Morgan fingerprint density at radius 2 is 1.88 bits per heavy atom. The molecule has 2 heterocycles. The zero-order valence-electron chi connectivity index (χ0n) is 19.4. The molecular weight excluding hydrogens is 416 g/mol. The summed E-state index contributed by atoms with van der Waals surface area (Å²) in [6, 6.07) is 13.2. The molecule has 4 rings (SSSR count). The van der Waals surface area contributed by atoms with E-state index < -0.39 is 0 Å². The molecule has 1 aliphatic heterocycles. The number of aromatic nitrogens is 1. The predicted molar refractivity (Wildman–Crippen MR) is 133 cm³/mol. The Bertz CT molecular complexity index is 1180. The van der Waals surface area contributed by atoms with E-state index in [1.54, 1.807) is 24.4 Å². The predicted octanol–water partition coefficient (Wildman–Crippen LogP) is 4.19. The van der Waals surface area contributed by atoms with Crippen LogP contribution in [0.2, 0.25) is 0 Å². The van der Waals surface area contributed by atoms with Crippen molar-refractivity contribution in [1.29, 1.82) is 0 Å². The summed E-state index contributed by atoms with van der Waals surface area (Å²) >= 11 is 0. The Kier molecular flexibility index (Phi) is 6.48. The molecule has 1 atom stereocenters. The molecule has 0 aliphatic carbocycles. The number of aromatic hydroxyl groups is 1. The first-order valence-electron chi connectivity index (χ1n) is 10.9. The van der Waals surface area contributed by atoms with Gasteiger partial charge in [0.1, 0.15) is 17.1 Å². The van der Waals surface area contributed by atoms with Crippen molar-refractivity contribution in [3.05, 3.63) is 65.4 Å². The quantitative estimate of drug-likeness (QED) is 0.371. The highest BCUT2D eigenvalue weighted by Gasteiger charge is 2.24. The molecule has 0 saturated heterocycles. The third kappa shape index (κ3) is 5.24. The van der Waals surface area contributed by atoms with Gasteiger partial charge in [-0.2, -0.15) is 0 Å². The molecule has 1 unspecified atom stereocenters. The van der Waals surface area contributed by atoms with Gasteiger partial charge >= 0.3 is 0 Å². The summed E-state index contributed by atoms with van der Waals surface area (Å²) in [5.41, 5.74) is 5.25. The van der Waals surface area contributed by atoms with Crippen LogP contribution in [0.1, 0.15) is 28.4 Å². The fourth-order valence-electron chi connectivity index (χ4n) is 3.91. The number of benzene rings is 2. The van der Waals surface area contributed by atoms with E-state index in [0.717, 1.165) is 29.0 Å². The number of pyridine rings is 1. The second-order valence-corrected chi connectivity index (χ2v) is 8.71. The van der Waals surface area contributed by atoms with Crippen LogP contribution in [0.25, 0.3) is 0 Å². The topological polar surface area (TPSA) is 102 Å². The maximum Gasteiger partial charge on any atom is 0.261 e. The highest BCUT2D eigenvalue weighted by molar-refractivity contribution is 6.15. The number of aryl methyl sites for hydroxylation is 1. The summed E-state index contributed by atoms with van der Waals surface area (Å²) in [6.45, 7) is 5.73. The number of rotatable bonds is 7. The normalized spacial score (nSPS) is 13.4. The van der Waals surface area contributed by atoms with E-state index in [1.807, 2.05) is 31.2 Å². The number of amides is 1. The molecule has 0 saturated carbocycles. The maximum atomic E-state index is 13.2. The zero-order valence-corrected chi connectivity index (χ0v) is 19.4. The summed E-state index contributed by atoms with van der Waals surface area (Å²) in [6.07, 6.45) is 1.65. The Labute approximate surface area is 194 Å². The average Bonchev–Trinajstić information content (AvgIpc) is 2.90. The lowest BCUT2D eigenvalue weighted by molar-refractivity contribution is 0.102. The van der Waals surface area contributed by atoms with Gasteiger partial charge in [0.05, 0.1) is 17.1 Å². The molecular formula is C25H30N6O2. The Hall–Kier alpha value is -3.62. The first-order valence-corrected chi connectivity index (χ1v) is 10.9. The molecule has 33 heavy (non-hydrogen) atoms. The molecule has 172 valence electrons. The van der Waals surface area contributed by atoms with Gasteiger partial charge in [-0.1, -0.05) is 12.1 Å². The number of phenols is 1. The van der Waals surface area contributed by atoms with Crippen molar-refractivity contribution in [3.63, 3.8) is 0 Å². The van der Waals surface area contributed by atoms with Crippen molar-refractivity contribution >= 4 is 34.5 Å². The highest BCUT2D eigenvalue weighted by atomic mass is 16.3. The standard InChI is InChI=1S/C25H30N6O2/c1-15-5-7-18(32)12-21(15)28-20-9-10-26-24-23(20)25(33)30-22-11-17(6-8-19(22)29-24)13-27-16(2)14-31(3)4/h5-12,16,27,32H,13-14H2,1-4H3,(H,30,33)(H2,26,28,29). The number of anilines is 5. The number of hydrogen-bond donors (Lipinski definition) is 5. The molecule has 0 fully saturated rings. The van der Waals surface area contributed by atoms with Crippen LogP contribution < -0.4 is 21.3 Å². The molecule has 0 radical (unpaired) electrons. The molecule has 1 aliphatic rings. The SMILES string of the molecule is Cc1ccc(O)cc1Nc1ccnc2c1C(=O)Nc1cc(CNC(C)CN(C)C)ccc1N2. The average molecular weight is 447 g/mol. The Balaban J connectivity index is 1.58. The minimum Gasteiger partial charge on any atom is -0.508 e. The van der Waals surface area contributed by atoms with Crippen LogP contribution in [0.3, 0.4) is 0 Å². The minimum absolute atomic E-state index is 0.152. The number of nitrogens with one attached hydrogen (secondary N) is 4. The third-order valence-corrected chi connectivity index (χ3v) is 5.55. The van der Waals surface area contributed by atoms with Gasteiger partial charge in [0.25, 0.3) is 5.91 Å². The van der Waals surface area contributed by atoms with Crippen molar-refractivity contribution in [2.75, 3.05) is 36.6 Å². The van der Waals surface area contributed by atoms with Gasteiger partial charge < -0.3 is 31.3 Å². The number of carbonyl (C=O) groups excluding carboxylic acids is 1. The number of hydrogen-bond acceptors (Lipinski definition) is 7. The van der Waals surface area contributed by atoms with Gasteiger partial charge in [-0.3, -0.25) is 4.79 Å². The third-order valence-electron chi connectivity index (χ3n) is 5.55. The summed E-state index contributed by atoms with van der Waals surface area (Å²) < 4.78 is 0. The van der Waals surface area contributed by atoms with Crippen molar-refractivity contribution in [1.82, 2.24) is 15.2 Å². The van der Waals surface area contributed by atoms with Crippen LogP contribution in [0, 0.1) is 6.92 Å². The molecule has 8 heteroatoms. The van der Waals surface area contributed by atoms with Crippen LogP contribution in [-0.2, 0) is 6.54 Å². The summed E-state index contributed by atoms with van der Waals surface area (Å²) in [7, 11) is 4.11. The lowest BCUT2D eigenvalue weighted by Gasteiger charge is -2.19. The van der Waals surface area contributed by atoms with Crippen LogP contribution in [0.15, 0.2) is 48.7 Å². The summed E-state index contributed by atoms with van der Waals surface area (Å²) in [5.74, 6) is 0.370. The van der Waals surface area contributed by atoms with E-state index in [1.165, 1.54) is 0 Å². The van der Waals surface area contributed by atoms with E-state index in [-0.39, 0.29) is 11.7 Å². The lowest BCUT2D eigenvalue weighted by atomic mass is 10.1. The second kappa shape index (κ2) is 9.48. The van der Waals surface area contributed by atoms with Crippen LogP contribution in [0.5, 0.6) is 5.75 Å². The van der Waals surface area contributed by atoms with Crippen LogP contribution in [0.4, 0.5) is 28.6 Å². The molecule has 1 aromatic heterocycles. The molecule has 8 nitrogen and oxygen atoms in total.